The van der Waals surface area contributed by atoms with Crippen molar-refractivity contribution in [3.63, 3.8) is 0 Å². The predicted molar refractivity (Wildman–Crippen MR) is 159 cm³/mol. The van der Waals surface area contributed by atoms with Gasteiger partial charge in [0.25, 0.3) is 11.6 Å². The highest BCUT2D eigenvalue weighted by atomic mass is 16.6. The van der Waals surface area contributed by atoms with Gasteiger partial charge in [0.15, 0.2) is 5.54 Å². The van der Waals surface area contributed by atoms with E-state index < -0.39 is 16.6 Å². The van der Waals surface area contributed by atoms with E-state index in [4.69, 9.17) is 5.73 Å². The lowest BCUT2D eigenvalue weighted by Gasteiger charge is -2.40. The van der Waals surface area contributed by atoms with Crippen LogP contribution in [0.15, 0.2) is 125 Å². The number of nitrogens with two attached hydrogens (primary N) is 1. The monoisotopic (exact) mass is 542 g/mol. The van der Waals surface area contributed by atoms with Gasteiger partial charge in [0, 0.05) is 6.07 Å². The molecule has 2 N–H and O–H groups in total. The van der Waals surface area contributed by atoms with Gasteiger partial charge in [-0.15, -0.1) is 0 Å². The Labute approximate surface area is 236 Å². The van der Waals surface area contributed by atoms with Gasteiger partial charge in [-0.2, -0.15) is 4.99 Å². The minimum absolute atomic E-state index is 0.00436. The van der Waals surface area contributed by atoms with Crippen molar-refractivity contribution in [1.29, 1.82) is 0 Å². The topological polar surface area (TPSA) is 117 Å². The molecule has 6 rings (SSSR count). The number of carbonyl (C=O) groups excluding carboxylic acids is 1. The number of para-hydroxylation sites is 1. The Kier molecular flexibility index (Phi) is 6.39. The van der Waals surface area contributed by atoms with Crippen molar-refractivity contribution >= 4 is 35.3 Å². The number of aryl methyl sites for hydroxylation is 1. The van der Waals surface area contributed by atoms with E-state index in [9.17, 15) is 14.9 Å². The molecule has 1 saturated heterocycles. The molecule has 1 amide bonds. The lowest BCUT2D eigenvalue weighted by atomic mass is 9.80. The summed E-state index contributed by atoms with van der Waals surface area (Å²) in [7, 11) is 0. The van der Waals surface area contributed by atoms with Crippen LogP contribution in [-0.4, -0.2) is 33.8 Å². The fraction of sp³-hybridized carbons (Fsp3) is 0.0938. The third-order valence-electron chi connectivity index (χ3n) is 7.29. The lowest BCUT2D eigenvalue weighted by Crippen LogP contribution is -2.53. The number of nitro benzene ring substituents is 1. The first kappa shape index (κ1) is 25.7. The molecule has 0 aliphatic carbocycles. The van der Waals surface area contributed by atoms with E-state index in [0.717, 1.165) is 16.7 Å². The van der Waals surface area contributed by atoms with Crippen molar-refractivity contribution in [2.45, 2.75) is 18.6 Å². The van der Waals surface area contributed by atoms with Gasteiger partial charge in [-0.25, -0.2) is 9.89 Å². The molecule has 0 saturated carbocycles. The number of fused-ring (bicyclic) bond motifs is 1. The molecule has 1 unspecified atom stereocenters. The fourth-order valence-corrected chi connectivity index (χ4v) is 5.45. The number of aliphatic imine (C=N–C) groups is 2. The number of hydrogen-bond acceptors (Lipinski definition) is 7. The second kappa shape index (κ2) is 10.2. The number of carbonyl (C=O) groups is 1. The van der Waals surface area contributed by atoms with Crippen molar-refractivity contribution in [3.05, 3.63) is 148 Å². The number of nitro groups is 1. The molecule has 1 fully saturated rings. The summed E-state index contributed by atoms with van der Waals surface area (Å²) < 4.78 is 0. The number of hydrogen-bond donors (Lipinski definition) is 1. The lowest BCUT2D eigenvalue weighted by molar-refractivity contribution is -0.385. The van der Waals surface area contributed by atoms with Crippen LogP contribution in [0.5, 0.6) is 0 Å². The standard InChI is InChI=1S/C32H26N6O3/c1-22-16-19-26(20-17-22)36-29(39)32(24-11-4-2-5-12-24,25-13-6-3-7-14-25)37-28(34-30(33)35-31(36)37)21-18-23-10-8-9-15-27(23)38(40)41/h2-21,28H,1H3,(H2,33,34)/b21-18-. The largest absolute Gasteiger partial charge is 0.368 e. The van der Waals surface area contributed by atoms with Crippen molar-refractivity contribution in [1.82, 2.24) is 4.90 Å². The SMILES string of the molecule is Cc1ccc(N2C(=O)C(c3ccccc3)(c3ccccc3)N3C2=NC(N)=NC3/C=C\c2ccccc2[N+](=O)[O-])cc1. The highest BCUT2D eigenvalue weighted by molar-refractivity contribution is 6.28. The Bertz CT molecular complexity index is 1680. The van der Waals surface area contributed by atoms with Crippen molar-refractivity contribution in [2.24, 2.45) is 15.7 Å². The summed E-state index contributed by atoms with van der Waals surface area (Å²) in [5, 5.41) is 11.7. The quantitative estimate of drug-likeness (QED) is 0.265. The molecule has 4 aromatic rings. The zero-order valence-electron chi connectivity index (χ0n) is 22.2. The predicted octanol–water partition coefficient (Wildman–Crippen LogP) is 5.22. The average Bonchev–Trinajstić information content (AvgIpc) is 3.25. The second-order valence-corrected chi connectivity index (χ2v) is 9.78. The van der Waals surface area contributed by atoms with E-state index >= 15 is 0 Å². The molecule has 2 aliphatic heterocycles. The van der Waals surface area contributed by atoms with Gasteiger partial charge < -0.3 is 5.73 Å². The number of benzene rings is 4. The maximum absolute atomic E-state index is 14.9. The van der Waals surface area contributed by atoms with Crippen LogP contribution in [0.4, 0.5) is 11.4 Å². The Morgan fingerprint density at radius 1 is 0.878 bits per heavy atom. The van der Waals surface area contributed by atoms with E-state index in [1.807, 2.05) is 96.8 Å². The van der Waals surface area contributed by atoms with Crippen LogP contribution in [0, 0.1) is 17.0 Å². The summed E-state index contributed by atoms with van der Waals surface area (Å²) in [6, 6.07) is 33.0. The molecule has 0 bridgehead atoms. The van der Waals surface area contributed by atoms with Gasteiger partial charge in [-0.1, -0.05) is 90.5 Å². The van der Waals surface area contributed by atoms with Gasteiger partial charge in [-0.05, 0) is 48.4 Å². The Morgan fingerprint density at radius 3 is 2.07 bits per heavy atom. The minimum atomic E-state index is -1.37. The summed E-state index contributed by atoms with van der Waals surface area (Å²) in [5.41, 5.74) is 8.38. The first-order valence-electron chi connectivity index (χ1n) is 13.1. The molecule has 9 heteroatoms. The van der Waals surface area contributed by atoms with Crippen LogP contribution in [-0.2, 0) is 10.3 Å². The van der Waals surface area contributed by atoms with Crippen molar-refractivity contribution < 1.29 is 9.72 Å². The van der Waals surface area contributed by atoms with Crippen LogP contribution in [0.25, 0.3) is 6.08 Å². The highest BCUT2D eigenvalue weighted by Gasteiger charge is 2.61. The summed E-state index contributed by atoms with van der Waals surface area (Å²) in [4.78, 5) is 38.9. The van der Waals surface area contributed by atoms with Gasteiger partial charge >= 0.3 is 0 Å². The van der Waals surface area contributed by atoms with Crippen LogP contribution in [0.3, 0.4) is 0 Å². The molecule has 4 aromatic carbocycles. The average molecular weight is 543 g/mol. The van der Waals surface area contributed by atoms with Crippen LogP contribution < -0.4 is 10.6 Å². The maximum atomic E-state index is 14.9. The third kappa shape index (κ3) is 4.24. The Balaban J connectivity index is 1.61. The number of guanidine groups is 2. The third-order valence-corrected chi connectivity index (χ3v) is 7.29. The van der Waals surface area contributed by atoms with E-state index in [0.29, 0.717) is 17.2 Å². The maximum Gasteiger partial charge on any atom is 0.276 e. The number of nitrogens with zero attached hydrogens (tertiary/aromatic N) is 5. The van der Waals surface area contributed by atoms with Crippen LogP contribution >= 0.6 is 0 Å². The zero-order valence-corrected chi connectivity index (χ0v) is 22.2. The number of anilines is 1. The number of rotatable bonds is 6. The first-order chi connectivity index (χ1) is 19.9. The minimum Gasteiger partial charge on any atom is -0.368 e. The fourth-order valence-electron chi connectivity index (χ4n) is 5.45. The normalized spacial score (nSPS) is 17.8. The van der Waals surface area contributed by atoms with E-state index in [1.165, 1.54) is 6.07 Å². The number of amides is 1. The molecular formula is C32H26N6O3. The molecule has 2 aliphatic rings. The molecule has 9 nitrogen and oxygen atoms in total. The summed E-state index contributed by atoms with van der Waals surface area (Å²) in [5.74, 6) is 0.0676. The van der Waals surface area contributed by atoms with E-state index in [-0.39, 0.29) is 17.6 Å². The first-order valence-corrected chi connectivity index (χ1v) is 13.1. The Morgan fingerprint density at radius 2 is 1.46 bits per heavy atom. The summed E-state index contributed by atoms with van der Waals surface area (Å²) in [6.07, 6.45) is 2.54. The Hall–Kier alpha value is -5.57. The van der Waals surface area contributed by atoms with E-state index in [2.05, 4.69) is 9.98 Å². The molecule has 0 spiro atoms. The van der Waals surface area contributed by atoms with Crippen LogP contribution in [0.1, 0.15) is 22.3 Å². The summed E-state index contributed by atoms with van der Waals surface area (Å²) in [6.45, 7) is 1.98. The van der Waals surface area contributed by atoms with Crippen molar-refractivity contribution in [2.75, 3.05) is 4.90 Å². The molecule has 2 heterocycles. The molecule has 1 atom stereocenters. The van der Waals surface area contributed by atoms with Gasteiger partial charge in [0.1, 0.15) is 6.17 Å². The molecular weight excluding hydrogens is 516 g/mol. The smallest absolute Gasteiger partial charge is 0.276 e. The highest BCUT2D eigenvalue weighted by Crippen LogP contribution is 2.47. The zero-order chi connectivity index (χ0) is 28.6. The second-order valence-electron chi connectivity index (χ2n) is 9.78. The molecule has 202 valence electrons. The molecule has 41 heavy (non-hydrogen) atoms. The summed E-state index contributed by atoms with van der Waals surface area (Å²) >= 11 is 0. The van der Waals surface area contributed by atoms with Gasteiger partial charge in [0.2, 0.25) is 11.9 Å². The van der Waals surface area contributed by atoms with Gasteiger partial charge in [-0.3, -0.25) is 19.8 Å². The van der Waals surface area contributed by atoms with E-state index in [1.54, 1.807) is 35.3 Å². The van der Waals surface area contributed by atoms with Crippen LogP contribution in [0.2, 0.25) is 0 Å². The molecule has 0 aromatic heterocycles. The van der Waals surface area contributed by atoms with Gasteiger partial charge in [0.05, 0.1) is 16.2 Å². The van der Waals surface area contributed by atoms with Crippen molar-refractivity contribution in [3.8, 4) is 0 Å². The molecule has 0 radical (unpaired) electrons.